The van der Waals surface area contributed by atoms with E-state index < -0.39 is 5.97 Å². The Labute approximate surface area is 110 Å². The molecule has 17 heavy (non-hydrogen) atoms. The second-order valence-electron chi connectivity index (χ2n) is 4.67. The minimum absolute atomic E-state index is 0.408. The summed E-state index contributed by atoms with van der Waals surface area (Å²) in [6.45, 7) is 4.15. The van der Waals surface area contributed by atoms with E-state index in [-0.39, 0.29) is 0 Å². The number of hydrogen-bond acceptors (Lipinski definition) is 4. The molecule has 0 aliphatic heterocycles. The van der Waals surface area contributed by atoms with Gasteiger partial charge in [-0.3, -0.25) is 0 Å². The van der Waals surface area contributed by atoms with Crippen LogP contribution in [0.2, 0.25) is 0 Å². The molecule has 0 aromatic carbocycles. The van der Waals surface area contributed by atoms with Crippen molar-refractivity contribution in [3.8, 4) is 0 Å². The Balaban J connectivity index is 2.05. The van der Waals surface area contributed by atoms with Crippen LogP contribution in [-0.4, -0.2) is 21.3 Å². The van der Waals surface area contributed by atoms with Crippen molar-refractivity contribution in [2.75, 3.05) is 0 Å². The maximum absolute atomic E-state index is 11.1. The molecule has 1 fully saturated rings. The van der Waals surface area contributed by atoms with E-state index in [0.29, 0.717) is 10.1 Å². The van der Waals surface area contributed by atoms with Crippen molar-refractivity contribution in [2.24, 2.45) is 5.92 Å². The van der Waals surface area contributed by atoms with E-state index in [1.54, 1.807) is 11.8 Å². The smallest absolute Gasteiger partial charge is 0.348 e. The van der Waals surface area contributed by atoms with Gasteiger partial charge in [-0.05, 0) is 38.5 Å². The molecule has 1 aromatic rings. The topological polar surface area (TPSA) is 50.2 Å². The molecule has 1 aliphatic carbocycles. The van der Waals surface area contributed by atoms with Crippen molar-refractivity contribution in [3.63, 3.8) is 0 Å². The fraction of sp³-hybridized carbons (Fsp3) is 0.667. The Morgan fingerprint density at radius 3 is 2.65 bits per heavy atom. The van der Waals surface area contributed by atoms with Crippen LogP contribution in [0.1, 0.15) is 47.3 Å². The van der Waals surface area contributed by atoms with Gasteiger partial charge in [0.1, 0.15) is 9.90 Å². The summed E-state index contributed by atoms with van der Waals surface area (Å²) in [5.74, 6) is -0.0229. The molecule has 1 aliphatic rings. The van der Waals surface area contributed by atoms with Gasteiger partial charge in [-0.15, -0.1) is 23.1 Å². The number of aromatic carboxylic acids is 1. The highest BCUT2D eigenvalue weighted by Gasteiger charge is 2.23. The highest BCUT2D eigenvalue weighted by molar-refractivity contribution is 8.00. The largest absolute Gasteiger partial charge is 0.477 e. The van der Waals surface area contributed by atoms with Gasteiger partial charge in [-0.2, -0.15) is 0 Å². The second kappa shape index (κ2) is 5.40. The van der Waals surface area contributed by atoms with E-state index in [0.717, 1.165) is 16.0 Å². The van der Waals surface area contributed by atoms with Gasteiger partial charge in [-0.1, -0.05) is 6.92 Å². The second-order valence-corrected chi connectivity index (χ2v) is 7.16. The number of carboxylic acid groups (broad SMARTS) is 1. The molecule has 1 aromatic heterocycles. The maximum atomic E-state index is 11.1. The fourth-order valence-corrected chi connectivity index (χ4v) is 4.32. The summed E-state index contributed by atoms with van der Waals surface area (Å²) in [4.78, 5) is 15.8. The molecule has 1 saturated carbocycles. The van der Waals surface area contributed by atoms with Crippen LogP contribution in [-0.2, 0) is 0 Å². The third kappa shape index (κ3) is 3.22. The predicted octanol–water partition coefficient (Wildman–Crippen LogP) is 3.82. The van der Waals surface area contributed by atoms with E-state index >= 15 is 0 Å². The fourth-order valence-electron chi connectivity index (χ4n) is 2.13. The third-order valence-electron chi connectivity index (χ3n) is 3.14. The van der Waals surface area contributed by atoms with E-state index in [9.17, 15) is 4.79 Å². The van der Waals surface area contributed by atoms with Gasteiger partial charge in [0.15, 0.2) is 0 Å². The highest BCUT2D eigenvalue weighted by atomic mass is 32.2. The molecule has 1 N–H and O–H groups in total. The van der Waals surface area contributed by atoms with Gasteiger partial charge >= 0.3 is 5.97 Å². The van der Waals surface area contributed by atoms with Crippen molar-refractivity contribution >= 4 is 29.1 Å². The Morgan fingerprint density at radius 1 is 1.41 bits per heavy atom. The first-order valence-electron chi connectivity index (χ1n) is 5.93. The first-order valence-corrected chi connectivity index (χ1v) is 7.63. The molecule has 0 radical (unpaired) electrons. The maximum Gasteiger partial charge on any atom is 0.348 e. The summed E-state index contributed by atoms with van der Waals surface area (Å²) in [6.07, 6.45) is 4.87. The molecule has 0 atom stereocenters. The van der Waals surface area contributed by atoms with Crippen LogP contribution in [0.25, 0.3) is 0 Å². The molecule has 3 nitrogen and oxygen atoms in total. The Morgan fingerprint density at radius 2 is 2.06 bits per heavy atom. The molecule has 0 saturated heterocycles. The molecule has 0 amide bonds. The van der Waals surface area contributed by atoms with Gasteiger partial charge < -0.3 is 5.11 Å². The molecule has 1 heterocycles. The van der Waals surface area contributed by atoms with E-state index in [1.807, 2.05) is 6.92 Å². The number of thiazole rings is 1. The number of aryl methyl sites for hydroxylation is 1. The molecule has 0 bridgehead atoms. The van der Waals surface area contributed by atoms with Crippen LogP contribution in [0.3, 0.4) is 0 Å². The summed E-state index contributed by atoms with van der Waals surface area (Å²) in [5, 5.41) is 11.2. The lowest BCUT2D eigenvalue weighted by Gasteiger charge is -2.25. The number of carboxylic acids is 1. The van der Waals surface area contributed by atoms with Crippen LogP contribution in [0.5, 0.6) is 0 Å². The third-order valence-corrected chi connectivity index (χ3v) is 5.55. The van der Waals surface area contributed by atoms with Gasteiger partial charge in [0, 0.05) is 5.25 Å². The van der Waals surface area contributed by atoms with Gasteiger partial charge in [0.25, 0.3) is 0 Å². The predicted molar refractivity (Wildman–Crippen MR) is 71.1 cm³/mol. The molecule has 0 unspecified atom stereocenters. The van der Waals surface area contributed by atoms with Crippen molar-refractivity contribution in [3.05, 3.63) is 9.88 Å². The Kier molecular flexibility index (Phi) is 4.09. The lowest BCUT2D eigenvalue weighted by molar-refractivity contribution is 0.0698. The normalized spacial score (nSPS) is 24.8. The number of hydrogen-bond donors (Lipinski definition) is 1. The van der Waals surface area contributed by atoms with Crippen LogP contribution in [0.4, 0.5) is 0 Å². The summed E-state index contributed by atoms with van der Waals surface area (Å²) in [7, 11) is 0. The molecule has 94 valence electrons. The minimum atomic E-state index is -0.845. The zero-order chi connectivity index (χ0) is 12.4. The monoisotopic (exact) mass is 271 g/mol. The lowest BCUT2D eigenvalue weighted by atomic mass is 9.91. The van der Waals surface area contributed by atoms with Gasteiger partial charge in [-0.25, -0.2) is 9.78 Å². The van der Waals surface area contributed by atoms with Gasteiger partial charge in [0.2, 0.25) is 0 Å². The summed E-state index contributed by atoms with van der Waals surface area (Å²) in [5.41, 5.74) is 0. The van der Waals surface area contributed by atoms with Crippen LogP contribution in [0.15, 0.2) is 5.03 Å². The van der Waals surface area contributed by atoms with Crippen LogP contribution >= 0.6 is 23.1 Å². The zero-order valence-corrected chi connectivity index (χ0v) is 11.7. The molecule has 0 spiro atoms. The first kappa shape index (κ1) is 12.9. The van der Waals surface area contributed by atoms with Crippen molar-refractivity contribution < 1.29 is 9.90 Å². The molecule has 2 rings (SSSR count). The van der Waals surface area contributed by atoms with Crippen molar-refractivity contribution in [1.29, 1.82) is 0 Å². The first-order chi connectivity index (χ1) is 8.06. The average molecular weight is 271 g/mol. The molecule has 5 heteroatoms. The van der Waals surface area contributed by atoms with E-state index in [1.165, 1.54) is 37.0 Å². The quantitative estimate of drug-likeness (QED) is 0.908. The van der Waals surface area contributed by atoms with Crippen molar-refractivity contribution in [2.45, 2.75) is 49.8 Å². The number of thioether (sulfide) groups is 1. The van der Waals surface area contributed by atoms with Crippen LogP contribution in [0, 0.1) is 12.8 Å². The zero-order valence-electron chi connectivity index (χ0n) is 10.1. The number of carbonyl (C=O) groups is 1. The lowest BCUT2D eigenvalue weighted by Crippen LogP contribution is -2.14. The summed E-state index contributed by atoms with van der Waals surface area (Å²) >= 11 is 2.94. The summed E-state index contributed by atoms with van der Waals surface area (Å²) in [6, 6.07) is 0. The number of aromatic nitrogens is 1. The number of rotatable bonds is 3. The van der Waals surface area contributed by atoms with E-state index in [2.05, 4.69) is 11.9 Å². The Hall–Kier alpha value is -0.550. The SMILES string of the molecule is Cc1nc(SC2CCC(C)CC2)c(C(=O)O)s1. The molecular formula is C12H17NO2S2. The standard InChI is InChI=1S/C12H17NO2S2/c1-7-3-5-9(6-4-7)17-11-10(12(14)15)16-8(2)13-11/h7,9H,3-6H2,1-2H3,(H,14,15). The van der Waals surface area contributed by atoms with Crippen LogP contribution < -0.4 is 0 Å². The van der Waals surface area contributed by atoms with Crippen molar-refractivity contribution in [1.82, 2.24) is 4.98 Å². The van der Waals surface area contributed by atoms with E-state index in [4.69, 9.17) is 5.11 Å². The molecular weight excluding hydrogens is 254 g/mol. The summed E-state index contributed by atoms with van der Waals surface area (Å²) < 4.78 is 0. The van der Waals surface area contributed by atoms with Gasteiger partial charge in [0.05, 0.1) is 5.01 Å². The number of nitrogens with zero attached hydrogens (tertiary/aromatic N) is 1. The Bertz CT molecular complexity index is 409. The minimum Gasteiger partial charge on any atom is -0.477 e. The average Bonchev–Trinajstić information content (AvgIpc) is 2.63. The highest BCUT2D eigenvalue weighted by Crippen LogP contribution is 2.38.